The number of hydrogen-bond donors (Lipinski definition) is 1. The van der Waals surface area contributed by atoms with Gasteiger partial charge in [0, 0.05) is 11.1 Å². The molecule has 0 spiro atoms. The first kappa shape index (κ1) is 11.8. The van der Waals surface area contributed by atoms with Crippen LogP contribution < -0.4 is 5.56 Å². The molecule has 0 aliphatic rings. The van der Waals surface area contributed by atoms with Crippen LogP contribution in [0.1, 0.15) is 11.1 Å². The van der Waals surface area contributed by atoms with Crippen molar-refractivity contribution in [3.63, 3.8) is 0 Å². The first-order chi connectivity index (χ1) is 8.00. The molecule has 88 valence electrons. The summed E-state index contributed by atoms with van der Waals surface area (Å²) in [6.45, 7) is 3.51. The summed E-state index contributed by atoms with van der Waals surface area (Å²) >= 11 is 5.71. The standard InChI is InChI=1S/C12H10ClFN2O/c1-6-7(2)12(17)16-15-11(6)8-3-4-10(14)9(13)5-8/h3-5H,1-2H3,(H,16,17). The molecule has 2 rings (SSSR count). The van der Waals surface area contributed by atoms with Crippen molar-refractivity contribution in [1.82, 2.24) is 10.2 Å². The van der Waals surface area contributed by atoms with Gasteiger partial charge < -0.3 is 0 Å². The molecule has 5 heteroatoms. The van der Waals surface area contributed by atoms with E-state index in [9.17, 15) is 9.18 Å². The van der Waals surface area contributed by atoms with E-state index < -0.39 is 5.82 Å². The third-order valence-electron chi connectivity index (χ3n) is 2.72. The Morgan fingerprint density at radius 3 is 2.65 bits per heavy atom. The van der Waals surface area contributed by atoms with Crippen LogP contribution in [0.5, 0.6) is 0 Å². The Bertz CT molecular complexity index is 637. The van der Waals surface area contributed by atoms with E-state index in [1.807, 2.05) is 0 Å². The normalized spacial score (nSPS) is 10.6. The first-order valence-electron chi connectivity index (χ1n) is 5.02. The molecule has 2 aromatic rings. The zero-order chi connectivity index (χ0) is 12.6. The van der Waals surface area contributed by atoms with Gasteiger partial charge in [0.25, 0.3) is 5.56 Å². The average molecular weight is 253 g/mol. The fourth-order valence-electron chi connectivity index (χ4n) is 1.55. The highest BCUT2D eigenvalue weighted by atomic mass is 35.5. The van der Waals surface area contributed by atoms with Crippen molar-refractivity contribution in [1.29, 1.82) is 0 Å². The van der Waals surface area contributed by atoms with Gasteiger partial charge in [-0.25, -0.2) is 9.49 Å². The van der Waals surface area contributed by atoms with E-state index >= 15 is 0 Å². The summed E-state index contributed by atoms with van der Waals surface area (Å²) in [5.41, 5.74) is 2.41. The molecule has 1 aromatic heterocycles. The maximum absolute atomic E-state index is 13.0. The Morgan fingerprint density at radius 2 is 2.00 bits per heavy atom. The zero-order valence-corrected chi connectivity index (χ0v) is 10.1. The lowest BCUT2D eigenvalue weighted by Gasteiger charge is -2.07. The monoisotopic (exact) mass is 252 g/mol. The SMILES string of the molecule is Cc1c(-c2ccc(F)c(Cl)c2)n[nH]c(=O)c1C. The van der Waals surface area contributed by atoms with Crippen LogP contribution >= 0.6 is 11.6 Å². The maximum atomic E-state index is 13.0. The first-order valence-corrected chi connectivity index (χ1v) is 5.40. The highest BCUT2D eigenvalue weighted by Gasteiger charge is 2.10. The van der Waals surface area contributed by atoms with Crippen LogP contribution in [0.3, 0.4) is 0 Å². The van der Waals surface area contributed by atoms with Gasteiger partial charge in [0.1, 0.15) is 5.82 Å². The van der Waals surface area contributed by atoms with Crippen molar-refractivity contribution in [2.45, 2.75) is 13.8 Å². The second-order valence-electron chi connectivity index (χ2n) is 3.78. The lowest BCUT2D eigenvalue weighted by molar-refractivity contribution is 0.628. The summed E-state index contributed by atoms with van der Waals surface area (Å²) in [6.07, 6.45) is 0. The molecular weight excluding hydrogens is 243 g/mol. The Hall–Kier alpha value is -1.68. The average Bonchev–Trinajstić information content (AvgIpc) is 2.30. The molecule has 1 N–H and O–H groups in total. The number of halogens is 2. The summed E-state index contributed by atoms with van der Waals surface area (Å²) in [5.74, 6) is -0.478. The minimum Gasteiger partial charge on any atom is -0.268 e. The molecule has 0 atom stereocenters. The van der Waals surface area contributed by atoms with Gasteiger partial charge in [-0.15, -0.1) is 0 Å². The topological polar surface area (TPSA) is 45.8 Å². The predicted octanol–water partition coefficient (Wildman–Crippen LogP) is 2.85. The van der Waals surface area contributed by atoms with Gasteiger partial charge in [-0.05, 0) is 37.6 Å². The molecule has 17 heavy (non-hydrogen) atoms. The van der Waals surface area contributed by atoms with Crippen LogP contribution in [0.4, 0.5) is 4.39 Å². The van der Waals surface area contributed by atoms with Crippen LogP contribution in [-0.2, 0) is 0 Å². The number of benzene rings is 1. The van der Waals surface area contributed by atoms with Crippen molar-refractivity contribution < 1.29 is 4.39 Å². The molecule has 0 fully saturated rings. The van der Waals surface area contributed by atoms with E-state index in [4.69, 9.17) is 11.6 Å². The number of nitrogens with zero attached hydrogens (tertiary/aromatic N) is 1. The molecule has 0 aliphatic heterocycles. The van der Waals surface area contributed by atoms with E-state index in [1.54, 1.807) is 19.9 Å². The zero-order valence-electron chi connectivity index (χ0n) is 9.34. The molecule has 1 aromatic carbocycles. The molecule has 0 bridgehead atoms. The quantitative estimate of drug-likeness (QED) is 0.848. The Balaban J connectivity index is 2.65. The Labute approximate surface area is 102 Å². The number of aromatic amines is 1. The molecule has 3 nitrogen and oxygen atoms in total. The molecular formula is C12H10ClFN2O. The summed E-state index contributed by atoms with van der Waals surface area (Å²) in [7, 11) is 0. The minimum atomic E-state index is -0.478. The molecule has 1 heterocycles. The molecule has 0 saturated carbocycles. The van der Waals surface area contributed by atoms with Crippen molar-refractivity contribution in [2.24, 2.45) is 0 Å². The fourth-order valence-corrected chi connectivity index (χ4v) is 1.73. The molecule has 0 amide bonds. The van der Waals surface area contributed by atoms with Gasteiger partial charge in [-0.2, -0.15) is 5.10 Å². The van der Waals surface area contributed by atoms with Gasteiger partial charge in [-0.3, -0.25) is 4.79 Å². The van der Waals surface area contributed by atoms with Crippen LogP contribution in [-0.4, -0.2) is 10.2 Å². The second-order valence-corrected chi connectivity index (χ2v) is 4.19. The second kappa shape index (κ2) is 4.30. The molecule has 0 aliphatic carbocycles. The van der Waals surface area contributed by atoms with Crippen LogP contribution in [0, 0.1) is 19.7 Å². The fraction of sp³-hybridized carbons (Fsp3) is 0.167. The number of H-pyrrole nitrogens is 1. The maximum Gasteiger partial charge on any atom is 0.267 e. The van der Waals surface area contributed by atoms with Gasteiger partial charge in [0.2, 0.25) is 0 Å². The summed E-state index contributed by atoms with van der Waals surface area (Å²) in [5, 5.41) is 6.40. The predicted molar refractivity (Wildman–Crippen MR) is 64.7 cm³/mol. The van der Waals surface area contributed by atoms with E-state index in [0.717, 1.165) is 5.56 Å². The van der Waals surface area contributed by atoms with Crippen LogP contribution in [0.25, 0.3) is 11.3 Å². The summed E-state index contributed by atoms with van der Waals surface area (Å²) < 4.78 is 13.0. The minimum absolute atomic E-state index is 0.0348. The number of aromatic nitrogens is 2. The van der Waals surface area contributed by atoms with E-state index in [2.05, 4.69) is 10.2 Å². The van der Waals surface area contributed by atoms with E-state index in [0.29, 0.717) is 16.8 Å². The van der Waals surface area contributed by atoms with Gasteiger partial charge >= 0.3 is 0 Å². The van der Waals surface area contributed by atoms with Crippen LogP contribution in [0.2, 0.25) is 5.02 Å². The van der Waals surface area contributed by atoms with Crippen molar-refractivity contribution in [3.05, 3.63) is 50.5 Å². The third kappa shape index (κ3) is 2.08. The highest BCUT2D eigenvalue weighted by molar-refractivity contribution is 6.31. The number of hydrogen-bond acceptors (Lipinski definition) is 2. The van der Waals surface area contributed by atoms with E-state index in [-0.39, 0.29) is 10.6 Å². The summed E-state index contributed by atoms with van der Waals surface area (Å²) in [4.78, 5) is 11.3. The smallest absolute Gasteiger partial charge is 0.267 e. The van der Waals surface area contributed by atoms with Gasteiger partial charge in [-0.1, -0.05) is 11.6 Å². The molecule has 0 unspecified atom stereocenters. The lowest BCUT2D eigenvalue weighted by atomic mass is 10.0. The number of nitrogens with one attached hydrogen (secondary N) is 1. The molecule has 0 saturated heterocycles. The van der Waals surface area contributed by atoms with Crippen molar-refractivity contribution in [2.75, 3.05) is 0 Å². The van der Waals surface area contributed by atoms with Gasteiger partial charge in [0.15, 0.2) is 0 Å². The largest absolute Gasteiger partial charge is 0.268 e. The Morgan fingerprint density at radius 1 is 1.29 bits per heavy atom. The Kier molecular flexibility index (Phi) is 2.98. The lowest BCUT2D eigenvalue weighted by Crippen LogP contribution is -2.14. The van der Waals surface area contributed by atoms with Crippen LogP contribution in [0.15, 0.2) is 23.0 Å². The number of rotatable bonds is 1. The van der Waals surface area contributed by atoms with Crippen molar-refractivity contribution >= 4 is 11.6 Å². The highest BCUT2D eigenvalue weighted by Crippen LogP contribution is 2.25. The van der Waals surface area contributed by atoms with Crippen molar-refractivity contribution in [3.8, 4) is 11.3 Å². The van der Waals surface area contributed by atoms with Gasteiger partial charge in [0.05, 0.1) is 10.7 Å². The third-order valence-corrected chi connectivity index (χ3v) is 3.01. The summed E-state index contributed by atoms with van der Waals surface area (Å²) in [6, 6.07) is 4.34. The van der Waals surface area contributed by atoms with E-state index in [1.165, 1.54) is 12.1 Å². The molecule has 0 radical (unpaired) electrons.